The molecule has 4 amide bonds. The van der Waals surface area contributed by atoms with Gasteiger partial charge < -0.3 is 51.5 Å². The van der Waals surface area contributed by atoms with Crippen LogP contribution in [0.15, 0.2) is 0 Å². The first-order valence-electron chi connectivity index (χ1n) is 3.82. The van der Waals surface area contributed by atoms with Crippen LogP contribution in [0.2, 0.25) is 0 Å². The molecule has 0 atom stereocenters. The predicted molar refractivity (Wildman–Crippen MR) is 60.0 cm³/mol. The number of rotatable bonds is 0. The zero-order valence-corrected chi connectivity index (χ0v) is 16.3. The summed E-state index contributed by atoms with van der Waals surface area (Å²) in [5.74, 6) is -2.33. The van der Waals surface area contributed by atoms with Crippen LogP contribution in [-0.4, -0.2) is 23.6 Å². The van der Waals surface area contributed by atoms with Gasteiger partial charge in [-0.25, -0.2) is 0 Å². The van der Waals surface area contributed by atoms with E-state index in [0.717, 1.165) is 0 Å². The molecule has 0 bridgehead atoms. The van der Waals surface area contributed by atoms with Crippen molar-refractivity contribution < 1.29 is 81.0 Å². The molecule has 0 unspecified atom stereocenters. The quantitative estimate of drug-likeness (QED) is 0.370. The summed E-state index contributed by atoms with van der Waals surface area (Å²) in [6.07, 6.45) is 0. The molecule has 114 valence electrons. The SMILES string of the molecule is CC([NH-])=O.CC([NH-])=O.CC([NH-])=O.CC([NH-])=O.[F-].[F-].[Zr+3].[Zr+3]. The standard InChI is InChI=1S/4C2H5NO.2FH.2Zr/c4*1-2(3)4;;;;/h4*1H3,(H2,3,4);2*1H;;/q;;;;;;2*+3/p-6. The molecule has 20 heavy (non-hydrogen) atoms. The van der Waals surface area contributed by atoms with Crippen molar-refractivity contribution in [2.45, 2.75) is 27.7 Å². The molecule has 2 radical (unpaired) electrons. The molecule has 0 saturated heterocycles. The van der Waals surface area contributed by atoms with E-state index >= 15 is 0 Å². The summed E-state index contributed by atoms with van der Waals surface area (Å²) in [5, 5.41) is 0. The summed E-state index contributed by atoms with van der Waals surface area (Å²) in [6, 6.07) is 0. The van der Waals surface area contributed by atoms with E-state index in [0.29, 0.717) is 0 Å². The van der Waals surface area contributed by atoms with Crippen molar-refractivity contribution in [2.75, 3.05) is 0 Å². The fourth-order valence-corrected chi connectivity index (χ4v) is 0. The van der Waals surface area contributed by atoms with E-state index < -0.39 is 23.6 Å². The van der Waals surface area contributed by atoms with Gasteiger partial charge in [-0.05, 0) is 27.7 Å². The van der Waals surface area contributed by atoms with E-state index in [2.05, 4.69) is 0 Å². The van der Waals surface area contributed by atoms with Crippen LogP contribution in [-0.2, 0) is 71.6 Å². The van der Waals surface area contributed by atoms with E-state index in [9.17, 15) is 0 Å². The van der Waals surface area contributed by atoms with Gasteiger partial charge in [0.2, 0.25) is 0 Å². The first-order valence-corrected chi connectivity index (χ1v) is 3.82. The molecule has 0 aliphatic carbocycles. The van der Waals surface area contributed by atoms with E-state index in [1.165, 1.54) is 27.7 Å². The van der Waals surface area contributed by atoms with Gasteiger partial charge in [-0.3, -0.25) is 0 Å². The minimum Gasteiger partial charge on any atom is -1.00 e. The Bertz CT molecular complexity index is 183. The maximum atomic E-state index is 9.11. The molecule has 0 heterocycles. The topological polar surface area (TPSA) is 163 Å². The third-order valence-corrected chi connectivity index (χ3v) is 0. The van der Waals surface area contributed by atoms with Gasteiger partial charge in [-0.2, -0.15) is 0 Å². The van der Waals surface area contributed by atoms with Crippen LogP contribution in [0.4, 0.5) is 0 Å². The molecule has 0 aromatic rings. The van der Waals surface area contributed by atoms with E-state index in [1.807, 2.05) is 0 Å². The molecular weight excluding hydrogens is 437 g/mol. The molecule has 0 aliphatic rings. The predicted octanol–water partition coefficient (Wildman–Crippen LogP) is -3.66. The maximum Gasteiger partial charge on any atom is 3.00 e. The van der Waals surface area contributed by atoms with Crippen LogP contribution in [0, 0.1) is 0 Å². The molecule has 4 N–H and O–H groups in total. The molecule has 0 fully saturated rings. The van der Waals surface area contributed by atoms with Crippen LogP contribution in [0.25, 0.3) is 22.9 Å². The summed E-state index contributed by atoms with van der Waals surface area (Å²) in [5.41, 5.74) is 23.8. The van der Waals surface area contributed by atoms with Gasteiger partial charge in [0.05, 0.1) is 0 Å². The van der Waals surface area contributed by atoms with E-state index in [-0.39, 0.29) is 61.8 Å². The van der Waals surface area contributed by atoms with Crippen molar-refractivity contribution in [1.29, 1.82) is 0 Å². The molecule has 0 rings (SSSR count). The van der Waals surface area contributed by atoms with Crippen LogP contribution in [0.1, 0.15) is 27.7 Å². The normalized spacial score (nSPS) is 5.00. The number of halogens is 2. The first kappa shape index (κ1) is 50.5. The van der Waals surface area contributed by atoms with Gasteiger partial charge in [0.15, 0.2) is 0 Å². The smallest absolute Gasteiger partial charge is 1.00 e. The summed E-state index contributed by atoms with van der Waals surface area (Å²) < 4.78 is 0. The van der Waals surface area contributed by atoms with Crippen LogP contribution >= 0.6 is 0 Å². The molecule has 0 aromatic heterocycles. The van der Waals surface area contributed by atoms with Crippen molar-refractivity contribution in [3.05, 3.63) is 22.9 Å². The minimum absolute atomic E-state index is 0. The Hall–Kier alpha value is -0.494. The maximum absolute atomic E-state index is 9.11. The summed E-state index contributed by atoms with van der Waals surface area (Å²) >= 11 is 0. The van der Waals surface area contributed by atoms with Crippen LogP contribution < -0.4 is 9.41 Å². The van der Waals surface area contributed by atoms with Crippen molar-refractivity contribution in [3.63, 3.8) is 0 Å². The molecule has 12 heteroatoms. The van der Waals surface area contributed by atoms with Gasteiger partial charge >= 0.3 is 52.4 Å². The number of hydrogen-bond acceptors (Lipinski definition) is 4. The zero-order valence-electron chi connectivity index (χ0n) is 11.4. The van der Waals surface area contributed by atoms with Crippen molar-refractivity contribution in [1.82, 2.24) is 0 Å². The molecule has 0 spiro atoms. The molecule has 0 aliphatic heterocycles. The van der Waals surface area contributed by atoms with Crippen LogP contribution in [0.5, 0.6) is 0 Å². The fraction of sp³-hybridized carbons (Fsp3) is 0.500. The van der Waals surface area contributed by atoms with Gasteiger partial charge in [0.25, 0.3) is 0 Å². The second-order valence-corrected chi connectivity index (χ2v) is 2.22. The molecule has 8 nitrogen and oxygen atoms in total. The molecule has 0 saturated carbocycles. The molecular formula is C8H16F2N4O4Zr2. The Kier molecular flexibility index (Phi) is 108. The number of carbonyl (C=O) groups is 4. The van der Waals surface area contributed by atoms with Crippen molar-refractivity contribution >= 4 is 23.6 Å². The third kappa shape index (κ3) is 19600. The Morgan fingerprint density at radius 3 is 0.500 bits per heavy atom. The second kappa shape index (κ2) is 42.8. The number of nitrogens with one attached hydrogen (secondary N) is 4. The Morgan fingerprint density at radius 1 is 0.500 bits per heavy atom. The number of hydrogen-bond donors (Lipinski definition) is 0. The summed E-state index contributed by atoms with van der Waals surface area (Å²) in [4.78, 5) is 36.4. The van der Waals surface area contributed by atoms with Gasteiger partial charge in [-0.1, -0.05) is 0 Å². The largest absolute Gasteiger partial charge is 3.00 e. The Balaban J connectivity index is -0.0000000150. The zero-order chi connectivity index (χ0) is 14.3. The van der Waals surface area contributed by atoms with Crippen molar-refractivity contribution in [3.8, 4) is 0 Å². The number of amides is 4. The average Bonchev–Trinajstić information content (AvgIpc) is 1.76. The first-order chi connectivity index (χ1) is 6.93. The average molecular weight is 453 g/mol. The Morgan fingerprint density at radius 2 is 0.500 bits per heavy atom. The van der Waals surface area contributed by atoms with Gasteiger partial charge in [-0.15, -0.1) is 0 Å². The fourth-order valence-electron chi connectivity index (χ4n) is 0. The summed E-state index contributed by atoms with van der Waals surface area (Å²) in [6.45, 7) is 4.78. The Labute approximate surface area is 154 Å². The number of carbonyl (C=O) groups excluding carboxylic acids is 4. The van der Waals surface area contributed by atoms with E-state index in [4.69, 9.17) is 42.1 Å². The second-order valence-electron chi connectivity index (χ2n) is 2.22. The van der Waals surface area contributed by atoms with Crippen molar-refractivity contribution in [2.24, 2.45) is 0 Å². The minimum atomic E-state index is -0.583. The van der Waals surface area contributed by atoms with E-state index in [1.54, 1.807) is 0 Å². The third-order valence-electron chi connectivity index (χ3n) is 0. The van der Waals surface area contributed by atoms with Crippen LogP contribution in [0.3, 0.4) is 0 Å². The molecule has 0 aromatic carbocycles. The van der Waals surface area contributed by atoms with Gasteiger partial charge in [0.1, 0.15) is 0 Å². The van der Waals surface area contributed by atoms with Gasteiger partial charge in [0, 0.05) is 23.6 Å². The monoisotopic (exact) mass is 450 g/mol. The summed E-state index contributed by atoms with van der Waals surface area (Å²) in [7, 11) is 0.